The van der Waals surface area contributed by atoms with Crippen molar-refractivity contribution in [1.82, 2.24) is 10.2 Å². The van der Waals surface area contributed by atoms with Crippen LogP contribution < -0.4 is 10.2 Å². The van der Waals surface area contributed by atoms with Gasteiger partial charge in [-0.2, -0.15) is 0 Å². The highest BCUT2D eigenvalue weighted by Gasteiger charge is 2.17. The number of hydrogen-bond acceptors (Lipinski definition) is 4. The van der Waals surface area contributed by atoms with Crippen molar-refractivity contribution in [3.8, 4) is 0 Å². The Morgan fingerprint density at radius 2 is 1.91 bits per heavy atom. The summed E-state index contributed by atoms with van der Waals surface area (Å²) in [5, 5.41) is 2.83. The molecule has 1 fully saturated rings. The number of carbonyl (C=O) groups is 1. The zero-order valence-corrected chi connectivity index (χ0v) is 13.1. The molecule has 122 valence electrons. The summed E-state index contributed by atoms with van der Waals surface area (Å²) in [4.78, 5) is 16.2. The summed E-state index contributed by atoms with van der Waals surface area (Å²) in [7, 11) is 1.62. The highest BCUT2D eigenvalue weighted by molar-refractivity contribution is 5.76. The lowest BCUT2D eigenvalue weighted by Crippen LogP contribution is -2.47. The minimum Gasteiger partial charge on any atom is -0.383 e. The van der Waals surface area contributed by atoms with Crippen LogP contribution in [0.5, 0.6) is 0 Å². The molecule has 1 saturated heterocycles. The van der Waals surface area contributed by atoms with Gasteiger partial charge < -0.3 is 15.0 Å². The number of rotatable bonds is 7. The Morgan fingerprint density at radius 1 is 1.23 bits per heavy atom. The monoisotopic (exact) mass is 309 g/mol. The minimum atomic E-state index is -0.207. The normalized spacial score (nSPS) is 15.8. The van der Waals surface area contributed by atoms with Crippen LogP contribution in [0.3, 0.4) is 0 Å². The number of nitrogens with one attached hydrogen (secondary N) is 1. The Morgan fingerprint density at radius 3 is 2.55 bits per heavy atom. The molecular weight excluding hydrogens is 285 g/mol. The highest BCUT2D eigenvalue weighted by atomic mass is 19.1. The van der Waals surface area contributed by atoms with Crippen molar-refractivity contribution in [2.75, 3.05) is 57.9 Å². The van der Waals surface area contributed by atoms with Crippen molar-refractivity contribution in [3.63, 3.8) is 0 Å². The summed E-state index contributed by atoms with van der Waals surface area (Å²) in [6.07, 6.45) is 0.514. The van der Waals surface area contributed by atoms with Crippen LogP contribution in [0, 0.1) is 5.82 Å². The van der Waals surface area contributed by atoms with Gasteiger partial charge in [-0.15, -0.1) is 0 Å². The predicted molar refractivity (Wildman–Crippen MR) is 84.6 cm³/mol. The average Bonchev–Trinajstić information content (AvgIpc) is 2.54. The van der Waals surface area contributed by atoms with Crippen LogP contribution in [-0.2, 0) is 9.53 Å². The smallest absolute Gasteiger partial charge is 0.221 e. The van der Waals surface area contributed by atoms with Gasteiger partial charge in [0.2, 0.25) is 5.91 Å². The van der Waals surface area contributed by atoms with E-state index in [0.717, 1.165) is 38.4 Å². The molecule has 0 aliphatic carbocycles. The van der Waals surface area contributed by atoms with Crippen molar-refractivity contribution in [2.45, 2.75) is 6.42 Å². The van der Waals surface area contributed by atoms with Crippen LogP contribution in [0.15, 0.2) is 24.3 Å². The summed E-state index contributed by atoms with van der Waals surface area (Å²) in [6, 6.07) is 6.61. The number of nitrogens with zero attached hydrogens (tertiary/aromatic N) is 2. The molecule has 1 aliphatic rings. The molecule has 0 spiro atoms. The molecule has 0 saturated carbocycles. The summed E-state index contributed by atoms with van der Waals surface area (Å²) >= 11 is 0. The van der Waals surface area contributed by atoms with Crippen LogP contribution in [0.25, 0.3) is 0 Å². The van der Waals surface area contributed by atoms with E-state index in [1.54, 1.807) is 7.11 Å². The lowest BCUT2D eigenvalue weighted by molar-refractivity contribution is -0.121. The maximum Gasteiger partial charge on any atom is 0.221 e. The van der Waals surface area contributed by atoms with Gasteiger partial charge in [0, 0.05) is 58.5 Å². The summed E-state index contributed by atoms with van der Waals surface area (Å²) in [5.41, 5.74) is 1.05. The quantitative estimate of drug-likeness (QED) is 0.766. The van der Waals surface area contributed by atoms with E-state index in [1.807, 2.05) is 12.1 Å². The predicted octanol–water partition coefficient (Wildman–Crippen LogP) is 1.10. The molecule has 0 radical (unpaired) electrons. The largest absolute Gasteiger partial charge is 0.383 e. The summed E-state index contributed by atoms with van der Waals surface area (Å²) in [5.74, 6) is -0.139. The van der Waals surface area contributed by atoms with Gasteiger partial charge in [0.05, 0.1) is 6.61 Å². The molecule has 1 aromatic rings. The van der Waals surface area contributed by atoms with Gasteiger partial charge in [-0.05, 0) is 24.3 Å². The number of hydrogen-bond donors (Lipinski definition) is 1. The number of carbonyl (C=O) groups excluding carboxylic acids is 1. The molecule has 5 nitrogen and oxygen atoms in total. The number of ether oxygens (including phenoxy) is 1. The van der Waals surface area contributed by atoms with Crippen molar-refractivity contribution in [2.24, 2.45) is 0 Å². The van der Waals surface area contributed by atoms with Crippen molar-refractivity contribution < 1.29 is 13.9 Å². The molecule has 1 aromatic carbocycles. The van der Waals surface area contributed by atoms with Crippen LogP contribution in [0.1, 0.15) is 6.42 Å². The lowest BCUT2D eigenvalue weighted by Gasteiger charge is -2.36. The van der Waals surface area contributed by atoms with Crippen LogP contribution in [0.2, 0.25) is 0 Å². The van der Waals surface area contributed by atoms with Crippen molar-refractivity contribution >= 4 is 11.6 Å². The SMILES string of the molecule is COCCNC(=O)CCN1CCN(c2ccc(F)cc2)CC1. The zero-order chi connectivity index (χ0) is 15.8. The van der Waals surface area contributed by atoms with Crippen molar-refractivity contribution in [3.05, 3.63) is 30.1 Å². The molecule has 1 amide bonds. The van der Waals surface area contributed by atoms with Gasteiger partial charge in [0.1, 0.15) is 5.82 Å². The molecule has 1 heterocycles. The van der Waals surface area contributed by atoms with Gasteiger partial charge in [0.15, 0.2) is 0 Å². The number of methoxy groups -OCH3 is 1. The first kappa shape index (κ1) is 16.7. The van der Waals surface area contributed by atoms with E-state index in [0.29, 0.717) is 19.6 Å². The van der Waals surface area contributed by atoms with Gasteiger partial charge in [-0.25, -0.2) is 4.39 Å². The van der Waals surface area contributed by atoms with Gasteiger partial charge in [0.25, 0.3) is 0 Å². The maximum absolute atomic E-state index is 12.9. The lowest BCUT2D eigenvalue weighted by atomic mass is 10.2. The van der Waals surface area contributed by atoms with Crippen LogP contribution in [0.4, 0.5) is 10.1 Å². The Bertz CT molecular complexity index is 459. The molecule has 0 aromatic heterocycles. The molecule has 0 atom stereocenters. The van der Waals surface area contributed by atoms with Crippen molar-refractivity contribution in [1.29, 1.82) is 0 Å². The first-order valence-electron chi connectivity index (χ1n) is 7.67. The van der Waals surface area contributed by atoms with E-state index < -0.39 is 0 Å². The molecular formula is C16H24FN3O2. The van der Waals surface area contributed by atoms with Crippen LogP contribution >= 0.6 is 0 Å². The molecule has 1 N–H and O–H groups in total. The van der Waals surface area contributed by atoms with Crippen LogP contribution in [-0.4, -0.2) is 63.8 Å². The first-order valence-corrected chi connectivity index (χ1v) is 7.67. The average molecular weight is 309 g/mol. The number of halogens is 1. The first-order chi connectivity index (χ1) is 10.7. The number of piperazine rings is 1. The molecule has 1 aliphatic heterocycles. The Labute approximate surface area is 131 Å². The maximum atomic E-state index is 12.9. The molecule has 0 unspecified atom stereocenters. The molecule has 6 heteroatoms. The standard InChI is InChI=1S/C16H24FN3O2/c1-22-13-7-18-16(21)6-8-19-9-11-20(12-10-19)15-4-2-14(17)3-5-15/h2-5H,6-13H2,1H3,(H,18,21). The van der Waals surface area contributed by atoms with E-state index in [1.165, 1.54) is 12.1 Å². The second kappa shape index (κ2) is 8.70. The Kier molecular flexibility index (Phi) is 6.61. The highest BCUT2D eigenvalue weighted by Crippen LogP contribution is 2.16. The van der Waals surface area contributed by atoms with E-state index in [-0.39, 0.29) is 11.7 Å². The second-order valence-electron chi connectivity index (χ2n) is 5.40. The van der Waals surface area contributed by atoms with Gasteiger partial charge >= 0.3 is 0 Å². The third-order valence-corrected chi connectivity index (χ3v) is 3.85. The Hall–Kier alpha value is -1.66. The molecule has 0 bridgehead atoms. The molecule has 22 heavy (non-hydrogen) atoms. The minimum absolute atomic E-state index is 0.0676. The topological polar surface area (TPSA) is 44.8 Å². The van der Waals surface area contributed by atoms with E-state index in [4.69, 9.17) is 4.74 Å². The van der Waals surface area contributed by atoms with E-state index in [2.05, 4.69) is 15.1 Å². The number of anilines is 1. The van der Waals surface area contributed by atoms with E-state index >= 15 is 0 Å². The number of benzene rings is 1. The third kappa shape index (κ3) is 5.27. The number of amides is 1. The summed E-state index contributed by atoms with van der Waals surface area (Å²) < 4.78 is 17.8. The van der Waals surface area contributed by atoms with Gasteiger partial charge in [-0.1, -0.05) is 0 Å². The fourth-order valence-electron chi connectivity index (χ4n) is 2.52. The second-order valence-corrected chi connectivity index (χ2v) is 5.40. The molecule has 2 rings (SSSR count). The van der Waals surface area contributed by atoms with Gasteiger partial charge in [-0.3, -0.25) is 9.69 Å². The Balaban J connectivity index is 1.66. The third-order valence-electron chi connectivity index (χ3n) is 3.85. The van der Waals surface area contributed by atoms with E-state index in [9.17, 15) is 9.18 Å². The summed E-state index contributed by atoms with van der Waals surface area (Å²) in [6.45, 7) is 5.52. The fraction of sp³-hybridized carbons (Fsp3) is 0.562. The zero-order valence-electron chi connectivity index (χ0n) is 13.1. The fourth-order valence-corrected chi connectivity index (χ4v) is 2.52.